The van der Waals surface area contributed by atoms with Crippen LogP contribution in [0.1, 0.15) is 31.2 Å². The molecule has 1 N–H and O–H groups in total. The average molecular weight is 414 g/mol. The van der Waals surface area contributed by atoms with E-state index in [9.17, 15) is 23.6 Å². The fourth-order valence-electron chi connectivity index (χ4n) is 3.84. The molecule has 1 aromatic carbocycles. The fraction of sp³-hybridized carbons (Fsp3) is 0.667. The SMILES string of the molecule is Cc1ccc(S(=O)(=O)N(CC(O)C[N+](=O)[O-])C2CCC3(CC2)OCCO3)cc1. The van der Waals surface area contributed by atoms with Crippen LogP contribution in [0.4, 0.5) is 0 Å². The van der Waals surface area contributed by atoms with Crippen LogP contribution in [-0.2, 0) is 19.5 Å². The van der Waals surface area contributed by atoms with Crippen LogP contribution >= 0.6 is 0 Å². The zero-order valence-corrected chi connectivity index (χ0v) is 16.6. The van der Waals surface area contributed by atoms with Gasteiger partial charge in [-0.1, -0.05) is 17.7 Å². The van der Waals surface area contributed by atoms with Crippen molar-refractivity contribution in [2.45, 2.75) is 55.4 Å². The maximum atomic E-state index is 13.3. The van der Waals surface area contributed by atoms with Gasteiger partial charge in [0.2, 0.25) is 16.6 Å². The molecule has 1 unspecified atom stereocenters. The number of aryl methyl sites for hydroxylation is 1. The predicted octanol–water partition coefficient (Wildman–Crippen LogP) is 1.31. The van der Waals surface area contributed by atoms with E-state index in [1.54, 1.807) is 12.1 Å². The van der Waals surface area contributed by atoms with Crippen LogP contribution in [0.3, 0.4) is 0 Å². The third kappa shape index (κ3) is 4.69. The van der Waals surface area contributed by atoms with E-state index in [1.165, 1.54) is 16.4 Å². The Hall–Kier alpha value is -1.59. The van der Waals surface area contributed by atoms with Crippen LogP contribution in [0.5, 0.6) is 0 Å². The summed E-state index contributed by atoms with van der Waals surface area (Å²) in [6, 6.07) is 6.06. The lowest BCUT2D eigenvalue weighted by molar-refractivity contribution is -0.490. The van der Waals surface area contributed by atoms with E-state index in [1.807, 2.05) is 6.92 Å². The van der Waals surface area contributed by atoms with Crippen molar-refractivity contribution >= 4 is 10.0 Å². The molecule has 0 aromatic heterocycles. The van der Waals surface area contributed by atoms with Crippen molar-refractivity contribution in [3.63, 3.8) is 0 Å². The predicted molar refractivity (Wildman–Crippen MR) is 99.8 cm³/mol. The highest BCUT2D eigenvalue weighted by Gasteiger charge is 2.44. The summed E-state index contributed by atoms with van der Waals surface area (Å²) in [6.45, 7) is 1.88. The average Bonchev–Trinajstić information content (AvgIpc) is 3.08. The number of benzene rings is 1. The van der Waals surface area contributed by atoms with Crippen molar-refractivity contribution in [1.29, 1.82) is 0 Å². The second kappa shape index (κ2) is 8.42. The van der Waals surface area contributed by atoms with Gasteiger partial charge in [-0.15, -0.1) is 0 Å². The molecule has 156 valence electrons. The molecule has 0 amide bonds. The number of hydrogen-bond acceptors (Lipinski definition) is 7. The van der Waals surface area contributed by atoms with E-state index in [0.717, 1.165) is 5.56 Å². The Morgan fingerprint density at radius 3 is 2.36 bits per heavy atom. The van der Waals surface area contributed by atoms with E-state index in [2.05, 4.69) is 0 Å². The van der Waals surface area contributed by atoms with Gasteiger partial charge in [0.15, 0.2) is 5.79 Å². The van der Waals surface area contributed by atoms with Gasteiger partial charge in [0.1, 0.15) is 6.10 Å². The first-order valence-corrected chi connectivity index (χ1v) is 10.8. The second-order valence-electron chi connectivity index (χ2n) is 7.40. The van der Waals surface area contributed by atoms with Crippen LogP contribution < -0.4 is 0 Å². The van der Waals surface area contributed by atoms with Crippen LogP contribution in [0.15, 0.2) is 29.2 Å². The van der Waals surface area contributed by atoms with Gasteiger partial charge in [0, 0.05) is 30.4 Å². The van der Waals surface area contributed by atoms with Crippen molar-refractivity contribution in [3.05, 3.63) is 39.9 Å². The number of nitrogens with zero attached hydrogens (tertiary/aromatic N) is 2. The molecule has 3 rings (SSSR count). The van der Waals surface area contributed by atoms with E-state index >= 15 is 0 Å². The highest BCUT2D eigenvalue weighted by atomic mass is 32.2. The number of aliphatic hydroxyl groups excluding tert-OH is 1. The quantitative estimate of drug-likeness (QED) is 0.528. The molecule has 2 aliphatic rings. The Morgan fingerprint density at radius 2 is 1.82 bits per heavy atom. The Kier molecular flexibility index (Phi) is 6.35. The lowest BCUT2D eigenvalue weighted by atomic mass is 9.90. The molecule has 1 saturated carbocycles. The number of nitro groups is 1. The minimum absolute atomic E-state index is 0.111. The summed E-state index contributed by atoms with van der Waals surface area (Å²) in [4.78, 5) is 10.2. The summed E-state index contributed by atoms with van der Waals surface area (Å²) in [7, 11) is -3.91. The van der Waals surface area contributed by atoms with Crippen molar-refractivity contribution in [2.24, 2.45) is 0 Å². The summed E-state index contributed by atoms with van der Waals surface area (Å²) in [5.41, 5.74) is 0.925. The Balaban J connectivity index is 1.82. The number of sulfonamides is 1. The molecule has 2 fully saturated rings. The Morgan fingerprint density at radius 1 is 1.25 bits per heavy atom. The van der Waals surface area contributed by atoms with Gasteiger partial charge in [0.05, 0.1) is 18.1 Å². The van der Waals surface area contributed by atoms with E-state index < -0.39 is 33.4 Å². The zero-order chi connectivity index (χ0) is 20.4. The molecular formula is C18H26N2O7S. The van der Waals surface area contributed by atoms with Crippen LogP contribution in [-0.4, -0.2) is 67.0 Å². The van der Waals surface area contributed by atoms with Gasteiger partial charge >= 0.3 is 0 Å². The van der Waals surface area contributed by atoms with Gasteiger partial charge < -0.3 is 14.6 Å². The number of aliphatic hydroxyl groups is 1. The van der Waals surface area contributed by atoms with Gasteiger partial charge in [0.25, 0.3) is 0 Å². The number of ether oxygens (including phenoxy) is 2. The smallest absolute Gasteiger partial charge is 0.243 e. The van der Waals surface area contributed by atoms with Gasteiger partial charge in [-0.3, -0.25) is 10.1 Å². The minimum atomic E-state index is -3.91. The topological polar surface area (TPSA) is 119 Å². The molecule has 10 heteroatoms. The maximum absolute atomic E-state index is 13.3. The standard InChI is InChI=1S/C18H26N2O7S/c1-14-2-4-17(5-3-14)28(24,25)19(12-16(21)13-20(22)23)15-6-8-18(9-7-15)26-10-11-27-18/h2-5,15-16,21H,6-13H2,1H3. The van der Waals surface area contributed by atoms with E-state index in [-0.39, 0.29) is 17.5 Å². The van der Waals surface area contributed by atoms with Crippen LogP contribution in [0, 0.1) is 17.0 Å². The molecule has 1 aromatic rings. The van der Waals surface area contributed by atoms with Crippen LogP contribution in [0.2, 0.25) is 0 Å². The zero-order valence-electron chi connectivity index (χ0n) is 15.8. The molecule has 9 nitrogen and oxygen atoms in total. The Bertz CT molecular complexity index is 781. The highest BCUT2D eigenvalue weighted by molar-refractivity contribution is 7.89. The lowest BCUT2D eigenvalue weighted by Gasteiger charge is -2.40. The first kappa shape index (κ1) is 21.1. The first-order chi connectivity index (χ1) is 13.2. The summed E-state index contributed by atoms with van der Waals surface area (Å²) in [5.74, 6) is -0.644. The molecule has 0 bridgehead atoms. The number of rotatable bonds is 7. The molecule has 28 heavy (non-hydrogen) atoms. The third-order valence-corrected chi connectivity index (χ3v) is 7.25. The second-order valence-corrected chi connectivity index (χ2v) is 9.29. The molecule has 1 atom stereocenters. The van der Waals surface area contributed by atoms with E-state index in [4.69, 9.17) is 9.47 Å². The van der Waals surface area contributed by atoms with Gasteiger partial charge in [-0.05, 0) is 31.9 Å². The summed E-state index contributed by atoms with van der Waals surface area (Å²) < 4.78 is 39.1. The molecule has 1 saturated heterocycles. The van der Waals surface area contributed by atoms with Crippen molar-refractivity contribution in [3.8, 4) is 0 Å². The summed E-state index contributed by atoms with van der Waals surface area (Å²) in [6.07, 6.45) is 0.698. The van der Waals surface area contributed by atoms with Gasteiger partial charge in [-0.25, -0.2) is 8.42 Å². The fourth-order valence-corrected chi connectivity index (χ4v) is 5.57. The molecule has 1 aliphatic carbocycles. The Labute approximate surface area is 164 Å². The minimum Gasteiger partial charge on any atom is -0.385 e. The van der Waals surface area contributed by atoms with Crippen LogP contribution in [0.25, 0.3) is 0 Å². The molecule has 0 radical (unpaired) electrons. The largest absolute Gasteiger partial charge is 0.385 e. The summed E-state index contributed by atoms with van der Waals surface area (Å²) in [5, 5.41) is 20.8. The lowest BCUT2D eigenvalue weighted by Crippen LogP contribution is -2.49. The molecule has 1 heterocycles. The van der Waals surface area contributed by atoms with Crippen molar-refractivity contribution in [2.75, 3.05) is 26.3 Å². The molecular weight excluding hydrogens is 388 g/mol. The number of hydrogen-bond donors (Lipinski definition) is 1. The normalized spacial score (nSPS) is 21.2. The molecule has 1 aliphatic heterocycles. The van der Waals surface area contributed by atoms with Crippen molar-refractivity contribution in [1.82, 2.24) is 4.31 Å². The third-order valence-electron chi connectivity index (χ3n) is 5.32. The van der Waals surface area contributed by atoms with Crippen molar-refractivity contribution < 1.29 is 27.9 Å². The monoisotopic (exact) mass is 414 g/mol. The van der Waals surface area contributed by atoms with E-state index in [0.29, 0.717) is 38.9 Å². The van der Waals surface area contributed by atoms with Gasteiger partial charge in [-0.2, -0.15) is 4.31 Å². The summed E-state index contributed by atoms with van der Waals surface area (Å²) >= 11 is 0. The maximum Gasteiger partial charge on any atom is 0.243 e. The highest BCUT2D eigenvalue weighted by Crippen LogP contribution is 2.38. The first-order valence-electron chi connectivity index (χ1n) is 9.38. The molecule has 1 spiro atoms.